The number of phosphoric ester groups is 1. The highest BCUT2D eigenvalue weighted by molar-refractivity contribution is 7.46. The zero-order valence-corrected chi connectivity index (χ0v) is 23.6. The van der Waals surface area contributed by atoms with Crippen LogP contribution in [0.1, 0.15) is 92.4 Å². The minimum Gasteiger partial charge on any atom is -0.390 e. The molecule has 0 aromatic heterocycles. The van der Waals surface area contributed by atoms with Gasteiger partial charge in [0, 0.05) is 11.3 Å². The standard InChI is InChI=1S/C27H45O9P/c1-23(2,30)9-6-10-26(5,31)22-8-12-27(32)17-13-19(28)18-14-20(29)21(36-37(33,34)35)15-24(18,3)16(17)7-11-25(22,27)4/h13,16,18,20-22,29-32H,6-12,14-15H2,1-5H3,(H2,33,34,35)/t16-,18-,20-,21-,22-,24+,25+,26-,27+/m0/s1. The molecule has 4 rings (SSSR count). The molecule has 4 aliphatic rings. The third kappa shape index (κ3) is 5.04. The maximum atomic E-state index is 13.4. The summed E-state index contributed by atoms with van der Waals surface area (Å²) >= 11 is 0. The average molecular weight is 545 g/mol. The van der Waals surface area contributed by atoms with E-state index in [4.69, 9.17) is 4.52 Å². The van der Waals surface area contributed by atoms with Crippen LogP contribution in [0, 0.1) is 28.6 Å². The van der Waals surface area contributed by atoms with Crippen molar-refractivity contribution in [2.75, 3.05) is 0 Å². The number of phosphoric acid groups is 1. The van der Waals surface area contributed by atoms with Crippen LogP contribution < -0.4 is 0 Å². The molecule has 212 valence electrons. The smallest absolute Gasteiger partial charge is 0.390 e. The first-order valence-corrected chi connectivity index (χ1v) is 15.1. The summed E-state index contributed by atoms with van der Waals surface area (Å²) in [6.07, 6.45) is 3.43. The Bertz CT molecular complexity index is 996. The number of ketones is 1. The lowest BCUT2D eigenvalue weighted by atomic mass is 9.45. The molecule has 3 saturated carbocycles. The van der Waals surface area contributed by atoms with E-state index in [1.165, 1.54) is 0 Å². The van der Waals surface area contributed by atoms with E-state index >= 15 is 0 Å². The van der Waals surface area contributed by atoms with Crippen LogP contribution in [0.15, 0.2) is 11.6 Å². The van der Waals surface area contributed by atoms with Crippen molar-refractivity contribution >= 4 is 13.6 Å². The van der Waals surface area contributed by atoms with Gasteiger partial charge in [0.25, 0.3) is 0 Å². The van der Waals surface area contributed by atoms with Crippen LogP contribution >= 0.6 is 7.82 Å². The average Bonchev–Trinajstić information content (AvgIpc) is 3.00. The molecular formula is C27H45O9P. The SMILES string of the molecule is CC(C)(O)CCC[C@](C)(O)[C@H]1CC[C@@]2(O)C3=CC(=O)[C@@H]4C[C@H](O)[C@@H](OP(=O)(O)O)C[C@]4(C)[C@H]3CC[C@]12C. The Morgan fingerprint density at radius 1 is 1.08 bits per heavy atom. The summed E-state index contributed by atoms with van der Waals surface area (Å²) in [5.74, 6) is -1.11. The molecule has 10 heteroatoms. The molecule has 4 aliphatic carbocycles. The molecule has 0 amide bonds. The molecule has 9 atom stereocenters. The van der Waals surface area contributed by atoms with Gasteiger partial charge in [0.15, 0.2) is 5.78 Å². The lowest BCUT2D eigenvalue weighted by molar-refractivity contribution is -0.159. The Kier molecular flexibility index (Phi) is 7.30. The molecule has 0 heterocycles. The highest BCUT2D eigenvalue weighted by Crippen LogP contribution is 2.69. The molecule has 6 N–H and O–H groups in total. The highest BCUT2D eigenvalue weighted by Gasteiger charge is 2.68. The maximum Gasteiger partial charge on any atom is 0.469 e. The molecule has 37 heavy (non-hydrogen) atoms. The minimum absolute atomic E-state index is 0.0501. The first-order valence-electron chi connectivity index (χ1n) is 13.6. The molecule has 0 bridgehead atoms. The van der Waals surface area contributed by atoms with Crippen molar-refractivity contribution in [1.82, 2.24) is 0 Å². The summed E-state index contributed by atoms with van der Waals surface area (Å²) in [4.78, 5) is 32.2. The van der Waals surface area contributed by atoms with Gasteiger partial charge in [0.05, 0.1) is 29.0 Å². The summed E-state index contributed by atoms with van der Waals surface area (Å²) in [7, 11) is -4.84. The molecule has 9 nitrogen and oxygen atoms in total. The van der Waals surface area contributed by atoms with Gasteiger partial charge in [-0.1, -0.05) is 13.8 Å². The molecule has 0 unspecified atom stereocenters. The fourth-order valence-corrected chi connectivity index (χ4v) is 9.25. The number of hydrogen-bond donors (Lipinski definition) is 6. The zero-order chi connectivity index (χ0) is 27.8. The number of allylic oxidation sites excluding steroid dienone is 1. The second-order valence-corrected chi connectivity index (χ2v) is 14.9. The Hall–Kier alpha value is -0.640. The fourth-order valence-electron chi connectivity index (χ4n) is 8.68. The van der Waals surface area contributed by atoms with Gasteiger partial charge in [0.1, 0.15) is 0 Å². The van der Waals surface area contributed by atoms with E-state index < -0.39 is 53.6 Å². The number of carbonyl (C=O) groups excluding carboxylic acids is 1. The van der Waals surface area contributed by atoms with Gasteiger partial charge in [0.2, 0.25) is 0 Å². The van der Waals surface area contributed by atoms with Crippen LogP contribution in [0.5, 0.6) is 0 Å². The molecule has 0 spiro atoms. The van der Waals surface area contributed by atoms with Crippen molar-refractivity contribution in [3.8, 4) is 0 Å². The van der Waals surface area contributed by atoms with E-state index in [9.17, 15) is 39.6 Å². The number of carbonyl (C=O) groups is 1. The molecule has 0 aliphatic heterocycles. The van der Waals surface area contributed by atoms with Gasteiger partial charge in [-0.25, -0.2) is 4.57 Å². The van der Waals surface area contributed by atoms with E-state index in [1.54, 1.807) is 19.9 Å². The monoisotopic (exact) mass is 544 g/mol. The van der Waals surface area contributed by atoms with Gasteiger partial charge in [-0.3, -0.25) is 9.32 Å². The molecule has 0 saturated heterocycles. The van der Waals surface area contributed by atoms with Crippen molar-refractivity contribution in [3.63, 3.8) is 0 Å². The third-order valence-corrected chi connectivity index (χ3v) is 11.1. The second kappa shape index (κ2) is 9.20. The van der Waals surface area contributed by atoms with Crippen LogP contribution in [0.4, 0.5) is 0 Å². The van der Waals surface area contributed by atoms with Crippen molar-refractivity contribution in [2.45, 2.75) is 121 Å². The predicted molar refractivity (Wildman–Crippen MR) is 136 cm³/mol. The first-order chi connectivity index (χ1) is 16.7. The second-order valence-electron chi connectivity index (χ2n) is 13.7. The summed E-state index contributed by atoms with van der Waals surface area (Å²) in [6.45, 7) is 9.24. The van der Waals surface area contributed by atoms with E-state index in [-0.39, 0.29) is 30.5 Å². The van der Waals surface area contributed by atoms with Gasteiger partial charge in [-0.15, -0.1) is 0 Å². The highest BCUT2D eigenvalue weighted by atomic mass is 31.2. The van der Waals surface area contributed by atoms with Crippen LogP contribution in [0.2, 0.25) is 0 Å². The molecular weight excluding hydrogens is 499 g/mol. The van der Waals surface area contributed by atoms with Gasteiger partial charge < -0.3 is 30.2 Å². The number of fused-ring (bicyclic) bond motifs is 5. The van der Waals surface area contributed by atoms with Crippen LogP contribution in [0.25, 0.3) is 0 Å². The van der Waals surface area contributed by atoms with E-state index in [1.807, 2.05) is 20.8 Å². The van der Waals surface area contributed by atoms with Crippen LogP contribution in [-0.2, 0) is 13.9 Å². The first kappa shape index (κ1) is 29.3. The summed E-state index contributed by atoms with van der Waals surface area (Å²) in [5, 5.41) is 44.5. The van der Waals surface area contributed by atoms with Crippen molar-refractivity contribution in [3.05, 3.63) is 11.6 Å². The number of hydrogen-bond acceptors (Lipinski definition) is 7. The van der Waals surface area contributed by atoms with Gasteiger partial charge in [-0.05, 0) is 107 Å². The number of aliphatic hydroxyl groups excluding tert-OH is 1. The predicted octanol–water partition coefficient (Wildman–Crippen LogP) is 3.00. The Labute approximate surface area is 219 Å². The van der Waals surface area contributed by atoms with E-state index in [0.29, 0.717) is 50.5 Å². The number of aliphatic hydroxyl groups is 4. The molecule has 0 radical (unpaired) electrons. The molecule has 3 fully saturated rings. The normalized spacial score (nSPS) is 43.9. The largest absolute Gasteiger partial charge is 0.469 e. The summed E-state index contributed by atoms with van der Waals surface area (Å²) < 4.78 is 16.5. The number of rotatable bonds is 7. The lowest BCUT2D eigenvalue weighted by Gasteiger charge is -2.60. The Morgan fingerprint density at radius 3 is 2.32 bits per heavy atom. The van der Waals surface area contributed by atoms with Crippen molar-refractivity contribution in [1.29, 1.82) is 0 Å². The lowest BCUT2D eigenvalue weighted by Crippen LogP contribution is -2.62. The fraction of sp³-hybridized carbons (Fsp3) is 0.889. The van der Waals surface area contributed by atoms with Crippen molar-refractivity contribution < 1.29 is 44.1 Å². The maximum absolute atomic E-state index is 13.4. The van der Waals surface area contributed by atoms with Crippen molar-refractivity contribution in [2.24, 2.45) is 28.6 Å². The summed E-state index contributed by atoms with van der Waals surface area (Å²) in [6, 6.07) is 0. The molecule has 0 aromatic rings. The summed E-state index contributed by atoms with van der Waals surface area (Å²) in [5.41, 5.74) is -3.90. The Morgan fingerprint density at radius 2 is 1.73 bits per heavy atom. The van der Waals surface area contributed by atoms with E-state index in [0.717, 1.165) is 0 Å². The van der Waals surface area contributed by atoms with Gasteiger partial charge in [-0.2, -0.15) is 0 Å². The Balaban J connectivity index is 1.63. The van der Waals surface area contributed by atoms with Crippen LogP contribution in [-0.4, -0.2) is 65.0 Å². The minimum atomic E-state index is -4.84. The van der Waals surface area contributed by atoms with E-state index in [2.05, 4.69) is 0 Å². The van der Waals surface area contributed by atoms with Gasteiger partial charge >= 0.3 is 7.82 Å². The molecule has 0 aromatic carbocycles. The van der Waals surface area contributed by atoms with Crippen LogP contribution in [0.3, 0.4) is 0 Å². The quantitative estimate of drug-likeness (QED) is 0.264. The zero-order valence-electron chi connectivity index (χ0n) is 22.7. The third-order valence-electron chi connectivity index (χ3n) is 10.6. The topological polar surface area (TPSA) is 165 Å².